The molecule has 1 aromatic rings. The van der Waals surface area contributed by atoms with Gasteiger partial charge in [0.25, 0.3) is 5.91 Å². The van der Waals surface area contributed by atoms with Crippen molar-refractivity contribution in [1.29, 1.82) is 0 Å². The second-order valence-electron chi connectivity index (χ2n) is 4.17. The first-order valence-corrected chi connectivity index (χ1v) is 6.84. The fourth-order valence-electron chi connectivity index (χ4n) is 1.64. The average molecular weight is 311 g/mol. The predicted molar refractivity (Wildman–Crippen MR) is 78.6 cm³/mol. The van der Waals surface area contributed by atoms with E-state index in [0.717, 1.165) is 23.9 Å². The second kappa shape index (κ2) is 5.72. The van der Waals surface area contributed by atoms with Crippen LogP contribution in [0.25, 0.3) is 6.08 Å². The van der Waals surface area contributed by atoms with Gasteiger partial charge in [0.2, 0.25) is 0 Å². The van der Waals surface area contributed by atoms with E-state index in [1.54, 1.807) is 0 Å². The molecule has 1 fully saturated rings. The van der Waals surface area contributed by atoms with Crippen LogP contribution in [0.5, 0.6) is 5.75 Å². The minimum atomic E-state index is -0.520. The van der Waals surface area contributed by atoms with Crippen molar-refractivity contribution in [1.82, 2.24) is 4.90 Å². The number of phenols is 1. The van der Waals surface area contributed by atoms with Crippen LogP contribution in [0.1, 0.15) is 12.5 Å². The van der Waals surface area contributed by atoms with E-state index in [1.165, 1.54) is 24.0 Å². The van der Waals surface area contributed by atoms with E-state index >= 15 is 0 Å². The molecule has 0 radical (unpaired) electrons. The van der Waals surface area contributed by atoms with Gasteiger partial charge in [0.15, 0.2) is 0 Å². The summed E-state index contributed by atoms with van der Waals surface area (Å²) in [5.74, 6) is -1.26. The van der Waals surface area contributed by atoms with Gasteiger partial charge in [-0.25, -0.2) is 4.39 Å². The number of carbonyl (C=O) groups excluding carboxylic acids is 2. The number of carbonyl (C=O) groups is 2. The Morgan fingerprint density at radius 2 is 2.25 bits per heavy atom. The Balaban J connectivity index is 2.32. The molecule has 1 saturated heterocycles. The second-order valence-corrected chi connectivity index (χ2v) is 5.85. The molecule has 0 bridgehead atoms. The number of halogens is 1. The summed E-state index contributed by atoms with van der Waals surface area (Å²) >= 11 is 6.04. The number of benzene rings is 1. The molecule has 0 atom stereocenters. The summed E-state index contributed by atoms with van der Waals surface area (Å²) in [5.41, 5.74) is 0.188. The summed E-state index contributed by atoms with van der Waals surface area (Å²) in [5, 5.41) is 9.63. The third-order valence-electron chi connectivity index (χ3n) is 2.53. The Morgan fingerprint density at radius 1 is 1.55 bits per heavy atom. The average Bonchev–Trinajstić information content (AvgIpc) is 2.61. The van der Waals surface area contributed by atoms with Gasteiger partial charge in [-0.1, -0.05) is 24.0 Å². The highest BCUT2D eigenvalue weighted by molar-refractivity contribution is 8.26. The minimum Gasteiger partial charge on any atom is -0.507 e. The Kier molecular flexibility index (Phi) is 4.20. The Labute approximate surface area is 124 Å². The normalized spacial score (nSPS) is 17.1. The summed E-state index contributed by atoms with van der Waals surface area (Å²) in [6.45, 7) is 1.28. The highest BCUT2D eigenvalue weighted by atomic mass is 32.2. The lowest BCUT2D eigenvalue weighted by molar-refractivity contribution is -0.126. The molecule has 1 N–H and O–H groups in total. The van der Waals surface area contributed by atoms with Crippen molar-refractivity contribution in [2.24, 2.45) is 0 Å². The molecule has 0 aliphatic carbocycles. The molecule has 7 heteroatoms. The number of phenolic OH excluding ortho intramolecular Hbond substituents is 1. The van der Waals surface area contributed by atoms with Crippen LogP contribution in [0.15, 0.2) is 23.1 Å². The van der Waals surface area contributed by atoms with Crippen molar-refractivity contribution < 1.29 is 19.1 Å². The van der Waals surface area contributed by atoms with Gasteiger partial charge in [-0.05, 0) is 31.2 Å². The predicted octanol–water partition coefficient (Wildman–Crippen LogP) is 2.32. The largest absolute Gasteiger partial charge is 0.507 e. The fourth-order valence-corrected chi connectivity index (χ4v) is 2.89. The highest BCUT2D eigenvalue weighted by Crippen LogP contribution is 2.34. The number of Topliss-reactive ketones (excluding diaryl/α,β-unsaturated/α-hetero) is 1. The Hall–Kier alpha value is -1.73. The van der Waals surface area contributed by atoms with E-state index in [0.29, 0.717) is 0 Å². The van der Waals surface area contributed by atoms with Gasteiger partial charge >= 0.3 is 0 Å². The topological polar surface area (TPSA) is 57.6 Å². The summed E-state index contributed by atoms with van der Waals surface area (Å²) in [7, 11) is 0. The maximum Gasteiger partial charge on any atom is 0.266 e. The van der Waals surface area contributed by atoms with Crippen LogP contribution in [0.3, 0.4) is 0 Å². The van der Waals surface area contributed by atoms with Crippen LogP contribution in [-0.2, 0) is 9.59 Å². The molecule has 0 unspecified atom stereocenters. The molecule has 20 heavy (non-hydrogen) atoms. The number of thiocarbonyl (C=S) groups is 1. The molecular formula is C13H10FNO3S2. The van der Waals surface area contributed by atoms with Gasteiger partial charge in [0, 0.05) is 5.56 Å². The fraction of sp³-hybridized carbons (Fsp3) is 0.154. The summed E-state index contributed by atoms with van der Waals surface area (Å²) in [4.78, 5) is 24.6. The van der Waals surface area contributed by atoms with Gasteiger partial charge in [0.05, 0.1) is 11.4 Å². The highest BCUT2D eigenvalue weighted by Gasteiger charge is 2.32. The molecule has 1 aliphatic heterocycles. The first-order valence-electron chi connectivity index (χ1n) is 5.62. The number of hydrogen-bond donors (Lipinski definition) is 1. The first kappa shape index (κ1) is 14.7. The van der Waals surface area contributed by atoms with Gasteiger partial charge < -0.3 is 5.11 Å². The molecular weight excluding hydrogens is 301 g/mol. The number of rotatable bonds is 3. The SMILES string of the molecule is CC(=O)CN1C(=O)/C(=C/c2cc(F)ccc2O)SC1=S. The lowest BCUT2D eigenvalue weighted by atomic mass is 10.2. The molecule has 1 amide bonds. The van der Waals surface area contributed by atoms with Crippen LogP contribution < -0.4 is 0 Å². The van der Waals surface area contributed by atoms with E-state index in [1.807, 2.05) is 0 Å². The van der Waals surface area contributed by atoms with Gasteiger partial charge in [-0.2, -0.15) is 0 Å². The van der Waals surface area contributed by atoms with E-state index in [-0.39, 0.29) is 32.9 Å². The van der Waals surface area contributed by atoms with Gasteiger partial charge in [-0.15, -0.1) is 0 Å². The van der Waals surface area contributed by atoms with Crippen LogP contribution in [0.2, 0.25) is 0 Å². The lowest BCUT2D eigenvalue weighted by Crippen LogP contribution is -2.32. The van der Waals surface area contributed by atoms with Crippen molar-refractivity contribution in [2.75, 3.05) is 6.54 Å². The summed E-state index contributed by atoms with van der Waals surface area (Å²) in [6, 6.07) is 3.44. The maximum atomic E-state index is 13.1. The number of thioether (sulfide) groups is 1. The number of ketones is 1. The minimum absolute atomic E-state index is 0.0862. The van der Waals surface area contributed by atoms with E-state index in [4.69, 9.17) is 12.2 Å². The monoisotopic (exact) mass is 311 g/mol. The maximum absolute atomic E-state index is 13.1. The molecule has 104 valence electrons. The van der Waals surface area contributed by atoms with E-state index in [2.05, 4.69) is 0 Å². The molecule has 1 aromatic carbocycles. The standard InChI is InChI=1S/C13H10FNO3S2/c1-7(16)6-15-12(18)11(20-13(15)19)5-8-4-9(14)2-3-10(8)17/h2-5,17H,6H2,1H3/b11-5-. The zero-order valence-electron chi connectivity index (χ0n) is 10.4. The van der Waals surface area contributed by atoms with Crippen molar-refractivity contribution in [3.8, 4) is 5.75 Å². The van der Waals surface area contributed by atoms with Crippen LogP contribution >= 0.6 is 24.0 Å². The van der Waals surface area contributed by atoms with E-state index < -0.39 is 11.7 Å². The Bertz CT molecular complexity index is 643. The molecule has 0 aromatic heterocycles. The zero-order chi connectivity index (χ0) is 14.9. The molecule has 2 rings (SSSR count). The number of amides is 1. The summed E-state index contributed by atoms with van der Waals surface area (Å²) < 4.78 is 13.4. The van der Waals surface area contributed by atoms with Gasteiger partial charge in [-0.3, -0.25) is 14.5 Å². The number of hydrogen-bond acceptors (Lipinski definition) is 5. The Morgan fingerprint density at radius 3 is 2.90 bits per heavy atom. The van der Waals surface area contributed by atoms with Crippen molar-refractivity contribution in [3.63, 3.8) is 0 Å². The van der Waals surface area contributed by atoms with Crippen molar-refractivity contribution in [3.05, 3.63) is 34.5 Å². The smallest absolute Gasteiger partial charge is 0.266 e. The molecule has 0 saturated carbocycles. The van der Waals surface area contributed by atoms with Crippen LogP contribution in [0, 0.1) is 5.82 Å². The lowest BCUT2D eigenvalue weighted by Gasteiger charge is -2.11. The molecule has 1 heterocycles. The number of nitrogens with zero attached hydrogens (tertiary/aromatic N) is 1. The van der Waals surface area contributed by atoms with Crippen LogP contribution in [0.4, 0.5) is 4.39 Å². The molecule has 4 nitrogen and oxygen atoms in total. The summed E-state index contributed by atoms with van der Waals surface area (Å²) in [6.07, 6.45) is 1.36. The third-order valence-corrected chi connectivity index (χ3v) is 3.91. The zero-order valence-corrected chi connectivity index (χ0v) is 12.1. The molecule has 1 aliphatic rings. The van der Waals surface area contributed by atoms with Gasteiger partial charge in [0.1, 0.15) is 21.7 Å². The van der Waals surface area contributed by atoms with Crippen LogP contribution in [-0.4, -0.2) is 32.6 Å². The van der Waals surface area contributed by atoms with Crippen molar-refractivity contribution in [2.45, 2.75) is 6.92 Å². The van der Waals surface area contributed by atoms with Crippen molar-refractivity contribution >= 4 is 46.1 Å². The quantitative estimate of drug-likeness (QED) is 0.686. The third kappa shape index (κ3) is 3.05. The van der Waals surface area contributed by atoms with E-state index in [9.17, 15) is 19.1 Å². The first-order chi connectivity index (χ1) is 9.38. The molecule has 0 spiro atoms. The number of aromatic hydroxyl groups is 1.